The van der Waals surface area contributed by atoms with E-state index in [0.29, 0.717) is 11.3 Å². The van der Waals surface area contributed by atoms with Gasteiger partial charge in [0.25, 0.3) is 0 Å². The average Bonchev–Trinajstić information content (AvgIpc) is 2.29. The number of para-hydroxylation sites is 1. The Morgan fingerprint density at radius 2 is 1.81 bits per heavy atom. The smallest absolute Gasteiger partial charge is 0.395 e. The van der Waals surface area contributed by atoms with Crippen molar-refractivity contribution >= 4 is 12.1 Å². The van der Waals surface area contributed by atoms with Crippen LogP contribution in [0.15, 0.2) is 42.0 Å². The van der Waals surface area contributed by atoms with Gasteiger partial charge >= 0.3 is 12.1 Å². The molecular weight excluding hydrogens is 208 g/mol. The fourth-order valence-corrected chi connectivity index (χ4v) is 0.880. The zero-order valence-corrected chi connectivity index (χ0v) is 9.10. The van der Waals surface area contributed by atoms with E-state index in [1.165, 1.54) is 0 Å². The van der Waals surface area contributed by atoms with Gasteiger partial charge in [0.15, 0.2) is 0 Å². The Hall–Kier alpha value is -2.10. The predicted molar refractivity (Wildman–Crippen MR) is 58.0 cm³/mol. The quantitative estimate of drug-likeness (QED) is 0.333. The van der Waals surface area contributed by atoms with Crippen molar-refractivity contribution in [1.82, 2.24) is 0 Å². The Morgan fingerprint density at radius 1 is 1.19 bits per heavy atom. The second kappa shape index (κ2) is 5.70. The van der Waals surface area contributed by atoms with Crippen molar-refractivity contribution in [2.24, 2.45) is 0 Å². The minimum atomic E-state index is -1.03. The van der Waals surface area contributed by atoms with Crippen LogP contribution in [-0.4, -0.2) is 12.1 Å². The van der Waals surface area contributed by atoms with E-state index < -0.39 is 12.1 Å². The van der Waals surface area contributed by atoms with Crippen LogP contribution < -0.4 is 4.74 Å². The molecule has 0 aromatic heterocycles. The third kappa shape index (κ3) is 3.57. The summed E-state index contributed by atoms with van der Waals surface area (Å²) in [7, 11) is 0. The Labute approximate surface area is 93.5 Å². The van der Waals surface area contributed by atoms with Crippen LogP contribution in [0.1, 0.15) is 13.8 Å². The van der Waals surface area contributed by atoms with E-state index in [4.69, 9.17) is 4.74 Å². The molecule has 0 N–H and O–H groups in total. The van der Waals surface area contributed by atoms with Crippen molar-refractivity contribution < 1.29 is 19.1 Å². The average molecular weight is 220 g/mol. The van der Waals surface area contributed by atoms with E-state index in [1.54, 1.807) is 50.3 Å². The lowest BCUT2D eigenvalue weighted by Crippen LogP contribution is -2.16. The number of carbonyl (C=O) groups excluding carboxylic acids is 2. The molecule has 0 aliphatic rings. The minimum Gasteiger partial charge on any atom is -0.395 e. The fraction of sp³-hybridized carbons (Fsp3) is 0.167. The predicted octanol–water partition coefficient (Wildman–Crippen LogP) is 2.69. The number of benzene rings is 1. The van der Waals surface area contributed by atoms with Gasteiger partial charge in [-0.2, -0.15) is 0 Å². The summed E-state index contributed by atoms with van der Waals surface area (Å²) in [6.45, 7) is 3.23. The second-order valence-corrected chi connectivity index (χ2v) is 3.03. The summed E-state index contributed by atoms with van der Waals surface area (Å²) in [5, 5.41) is 0. The molecule has 84 valence electrons. The first-order valence-corrected chi connectivity index (χ1v) is 4.75. The van der Waals surface area contributed by atoms with Crippen molar-refractivity contribution in [2.75, 3.05) is 0 Å². The highest BCUT2D eigenvalue weighted by atomic mass is 16.7. The summed E-state index contributed by atoms with van der Waals surface area (Å²) in [4.78, 5) is 22.3. The Morgan fingerprint density at radius 3 is 2.38 bits per heavy atom. The molecule has 0 bridgehead atoms. The van der Waals surface area contributed by atoms with Gasteiger partial charge in [0.2, 0.25) is 0 Å². The molecule has 0 amide bonds. The number of ether oxygens (including phenoxy) is 2. The Balaban J connectivity index is 2.52. The molecular formula is C12H12O4. The van der Waals surface area contributed by atoms with Crippen LogP contribution in [-0.2, 0) is 9.53 Å². The molecule has 0 saturated carbocycles. The molecule has 1 aromatic carbocycles. The van der Waals surface area contributed by atoms with E-state index in [-0.39, 0.29) is 0 Å². The fourth-order valence-electron chi connectivity index (χ4n) is 0.880. The molecule has 16 heavy (non-hydrogen) atoms. The highest BCUT2D eigenvalue weighted by Gasteiger charge is 2.13. The van der Waals surface area contributed by atoms with Crippen molar-refractivity contribution in [1.29, 1.82) is 0 Å². The van der Waals surface area contributed by atoms with Crippen molar-refractivity contribution in [3.8, 4) is 5.75 Å². The number of hydrogen-bond acceptors (Lipinski definition) is 4. The van der Waals surface area contributed by atoms with Gasteiger partial charge in [-0.15, -0.1) is 0 Å². The molecule has 0 atom stereocenters. The normalized spacial score (nSPS) is 10.8. The van der Waals surface area contributed by atoms with Crippen molar-refractivity contribution in [3.63, 3.8) is 0 Å². The third-order valence-corrected chi connectivity index (χ3v) is 1.88. The highest BCUT2D eigenvalue weighted by Crippen LogP contribution is 2.09. The lowest BCUT2D eigenvalue weighted by atomic mass is 10.3. The van der Waals surface area contributed by atoms with Gasteiger partial charge in [-0.1, -0.05) is 24.3 Å². The van der Waals surface area contributed by atoms with Gasteiger partial charge in [-0.05, 0) is 26.0 Å². The number of hydrogen-bond donors (Lipinski definition) is 0. The SMILES string of the molecule is CC=C(C)C(=O)OC(=O)Oc1ccccc1. The summed E-state index contributed by atoms with van der Waals surface area (Å²) >= 11 is 0. The molecule has 0 fully saturated rings. The van der Waals surface area contributed by atoms with Gasteiger partial charge in [0, 0.05) is 5.57 Å². The summed E-state index contributed by atoms with van der Waals surface area (Å²) in [5.41, 5.74) is 0.352. The number of allylic oxidation sites excluding steroid dienone is 1. The molecule has 1 rings (SSSR count). The molecule has 1 aromatic rings. The lowest BCUT2D eigenvalue weighted by Gasteiger charge is -2.03. The van der Waals surface area contributed by atoms with Crippen LogP contribution in [0.3, 0.4) is 0 Å². The van der Waals surface area contributed by atoms with Crippen LogP contribution in [0.25, 0.3) is 0 Å². The van der Waals surface area contributed by atoms with Gasteiger partial charge in [-0.3, -0.25) is 0 Å². The second-order valence-electron chi connectivity index (χ2n) is 3.03. The maximum Gasteiger partial charge on any atom is 0.521 e. The molecule has 0 spiro atoms. The molecule has 4 heteroatoms. The Bertz CT molecular complexity index is 406. The van der Waals surface area contributed by atoms with Crippen molar-refractivity contribution in [2.45, 2.75) is 13.8 Å². The molecule has 0 aliphatic carbocycles. The lowest BCUT2D eigenvalue weighted by molar-refractivity contribution is -0.134. The van der Waals surface area contributed by atoms with Crippen molar-refractivity contribution in [3.05, 3.63) is 42.0 Å². The molecule has 0 saturated heterocycles. The van der Waals surface area contributed by atoms with Gasteiger partial charge in [0.05, 0.1) is 0 Å². The number of rotatable bonds is 2. The number of carbonyl (C=O) groups is 2. The molecule has 0 radical (unpaired) electrons. The van der Waals surface area contributed by atoms with E-state index in [1.807, 2.05) is 0 Å². The maximum absolute atomic E-state index is 11.2. The highest BCUT2D eigenvalue weighted by molar-refractivity contribution is 5.94. The summed E-state index contributed by atoms with van der Waals surface area (Å²) in [6, 6.07) is 8.39. The topological polar surface area (TPSA) is 52.6 Å². The van der Waals surface area contributed by atoms with E-state index in [2.05, 4.69) is 4.74 Å². The largest absolute Gasteiger partial charge is 0.521 e. The first kappa shape index (κ1) is 12.0. The van der Waals surface area contributed by atoms with Gasteiger partial charge in [0.1, 0.15) is 5.75 Å². The zero-order chi connectivity index (χ0) is 12.0. The Kier molecular flexibility index (Phi) is 4.27. The monoisotopic (exact) mass is 220 g/mol. The first-order valence-electron chi connectivity index (χ1n) is 4.75. The molecule has 0 unspecified atom stereocenters. The molecule has 0 aliphatic heterocycles. The summed E-state index contributed by atoms with van der Waals surface area (Å²) < 4.78 is 9.21. The zero-order valence-electron chi connectivity index (χ0n) is 9.10. The molecule has 0 heterocycles. The van der Waals surface area contributed by atoms with Crippen LogP contribution in [0.5, 0.6) is 5.75 Å². The first-order chi connectivity index (χ1) is 7.63. The summed E-state index contributed by atoms with van der Waals surface area (Å²) in [6.07, 6.45) is 0.524. The van der Waals surface area contributed by atoms with Crippen LogP contribution in [0.2, 0.25) is 0 Å². The van der Waals surface area contributed by atoms with E-state index in [0.717, 1.165) is 0 Å². The van der Waals surface area contributed by atoms with E-state index in [9.17, 15) is 9.59 Å². The van der Waals surface area contributed by atoms with Crippen LogP contribution >= 0.6 is 0 Å². The maximum atomic E-state index is 11.2. The minimum absolute atomic E-state index is 0.332. The van der Waals surface area contributed by atoms with Crippen LogP contribution in [0, 0.1) is 0 Å². The summed E-state index contributed by atoms with van der Waals surface area (Å²) in [5.74, 6) is -0.373. The molecule has 4 nitrogen and oxygen atoms in total. The third-order valence-electron chi connectivity index (χ3n) is 1.88. The number of esters is 1. The van der Waals surface area contributed by atoms with Crippen LogP contribution in [0.4, 0.5) is 4.79 Å². The van der Waals surface area contributed by atoms with Gasteiger partial charge < -0.3 is 9.47 Å². The van der Waals surface area contributed by atoms with Gasteiger partial charge in [-0.25, -0.2) is 9.59 Å². The van der Waals surface area contributed by atoms with E-state index >= 15 is 0 Å². The standard InChI is InChI=1S/C12H12O4/c1-3-9(2)11(13)16-12(14)15-10-7-5-4-6-8-10/h3-8H,1-2H3.